The van der Waals surface area contributed by atoms with Crippen LogP contribution in [0, 0.1) is 6.92 Å². The summed E-state index contributed by atoms with van der Waals surface area (Å²) >= 11 is 6.13. The molecule has 2 amide bonds. The van der Waals surface area contributed by atoms with Crippen LogP contribution in [0.4, 0.5) is 4.79 Å². The maximum Gasteiger partial charge on any atom is 0.322 e. The Hall–Kier alpha value is -3.16. The quantitative estimate of drug-likeness (QED) is 0.496. The molecular formula is C24H25ClN4O3. The minimum Gasteiger partial charge on any atom is -0.385 e. The number of amides is 2. The normalized spacial score (nSPS) is 16.4. The third-order valence-electron chi connectivity index (χ3n) is 5.48. The third kappa shape index (κ3) is 4.54. The van der Waals surface area contributed by atoms with Crippen LogP contribution in [0.2, 0.25) is 5.02 Å². The molecule has 8 heteroatoms. The highest BCUT2D eigenvalue weighted by Gasteiger charge is 2.35. The first-order valence-corrected chi connectivity index (χ1v) is 10.8. The minimum atomic E-state index is -0.408. The zero-order chi connectivity index (χ0) is 22.7. The van der Waals surface area contributed by atoms with Crippen molar-refractivity contribution in [2.45, 2.75) is 26.3 Å². The number of aromatic nitrogens is 2. The van der Waals surface area contributed by atoms with Gasteiger partial charge >= 0.3 is 6.03 Å². The largest absolute Gasteiger partial charge is 0.385 e. The number of halogens is 1. The van der Waals surface area contributed by atoms with Gasteiger partial charge in [-0.1, -0.05) is 58.7 Å². The Morgan fingerprint density at radius 2 is 1.97 bits per heavy atom. The highest BCUT2D eigenvalue weighted by Crippen LogP contribution is 2.37. The summed E-state index contributed by atoms with van der Waals surface area (Å²) in [5.41, 5.74) is 4.38. The first-order chi connectivity index (χ1) is 15.5. The number of carbonyl (C=O) groups is 1. The summed E-state index contributed by atoms with van der Waals surface area (Å²) < 4.78 is 10.8. The molecule has 1 atom stereocenters. The van der Waals surface area contributed by atoms with Crippen LogP contribution in [-0.4, -0.2) is 41.3 Å². The van der Waals surface area contributed by atoms with Gasteiger partial charge in [0.1, 0.15) is 0 Å². The van der Waals surface area contributed by atoms with E-state index in [0.29, 0.717) is 36.3 Å². The van der Waals surface area contributed by atoms with E-state index in [1.165, 1.54) is 0 Å². The molecule has 0 radical (unpaired) electrons. The van der Waals surface area contributed by atoms with Gasteiger partial charge in [-0.3, -0.25) is 4.90 Å². The molecule has 1 N–H and O–H groups in total. The molecular weight excluding hydrogens is 428 g/mol. The van der Waals surface area contributed by atoms with Gasteiger partial charge in [0.15, 0.2) is 0 Å². The zero-order valence-electron chi connectivity index (χ0n) is 18.3. The van der Waals surface area contributed by atoms with Crippen LogP contribution >= 0.6 is 11.6 Å². The highest BCUT2D eigenvalue weighted by molar-refractivity contribution is 6.30. The van der Waals surface area contributed by atoms with Gasteiger partial charge in [0.2, 0.25) is 5.82 Å². The molecule has 7 nitrogen and oxygen atoms in total. The van der Waals surface area contributed by atoms with Gasteiger partial charge < -0.3 is 14.6 Å². The number of rotatable bonds is 7. The van der Waals surface area contributed by atoms with E-state index in [0.717, 1.165) is 28.0 Å². The number of hydrogen-bond donors (Lipinski definition) is 1. The van der Waals surface area contributed by atoms with Crippen LogP contribution < -0.4 is 5.32 Å². The molecule has 1 unspecified atom stereocenters. The molecule has 32 heavy (non-hydrogen) atoms. The Morgan fingerprint density at radius 3 is 2.69 bits per heavy atom. The molecule has 2 aromatic carbocycles. The maximum absolute atomic E-state index is 12.9. The first kappa shape index (κ1) is 22.0. The van der Waals surface area contributed by atoms with Crippen LogP contribution in [0.5, 0.6) is 0 Å². The summed E-state index contributed by atoms with van der Waals surface area (Å²) in [6.45, 7) is 5.02. The monoisotopic (exact) mass is 452 g/mol. The molecule has 0 aliphatic carbocycles. The molecule has 0 bridgehead atoms. The Kier molecular flexibility index (Phi) is 6.58. The molecule has 166 valence electrons. The van der Waals surface area contributed by atoms with Crippen molar-refractivity contribution in [2.24, 2.45) is 0 Å². The summed E-state index contributed by atoms with van der Waals surface area (Å²) in [6.07, 6.45) is 0.710. The Balaban J connectivity index is 1.77. The molecule has 3 aromatic rings. The van der Waals surface area contributed by atoms with Crippen molar-refractivity contribution in [2.75, 3.05) is 20.3 Å². The fraction of sp³-hybridized carbons (Fsp3) is 0.292. The molecule has 0 saturated carbocycles. The second kappa shape index (κ2) is 9.54. The van der Waals surface area contributed by atoms with Gasteiger partial charge in [0.25, 0.3) is 5.89 Å². The lowest BCUT2D eigenvalue weighted by molar-refractivity contribution is 0.174. The van der Waals surface area contributed by atoms with Crippen molar-refractivity contribution in [3.63, 3.8) is 0 Å². The van der Waals surface area contributed by atoms with E-state index in [2.05, 4.69) is 15.5 Å². The summed E-state index contributed by atoms with van der Waals surface area (Å²) in [5, 5.41) is 7.87. The molecule has 1 aliphatic heterocycles. The highest BCUT2D eigenvalue weighted by atomic mass is 35.5. The molecule has 4 rings (SSSR count). The van der Waals surface area contributed by atoms with E-state index in [4.69, 9.17) is 20.9 Å². The summed E-state index contributed by atoms with van der Waals surface area (Å²) in [4.78, 5) is 19.3. The van der Waals surface area contributed by atoms with E-state index in [1.54, 1.807) is 24.1 Å². The van der Waals surface area contributed by atoms with Crippen molar-refractivity contribution in [1.29, 1.82) is 0 Å². The van der Waals surface area contributed by atoms with Gasteiger partial charge in [-0.25, -0.2) is 4.79 Å². The molecule has 2 heterocycles. The van der Waals surface area contributed by atoms with Crippen LogP contribution in [0.3, 0.4) is 0 Å². The van der Waals surface area contributed by atoms with Gasteiger partial charge in [0.05, 0.1) is 11.6 Å². The van der Waals surface area contributed by atoms with Crippen molar-refractivity contribution in [1.82, 2.24) is 20.4 Å². The summed E-state index contributed by atoms with van der Waals surface area (Å²) in [7, 11) is 1.65. The Morgan fingerprint density at radius 1 is 1.19 bits per heavy atom. The van der Waals surface area contributed by atoms with Crippen LogP contribution in [0.15, 0.2) is 58.8 Å². The van der Waals surface area contributed by atoms with E-state index in [-0.39, 0.29) is 6.03 Å². The van der Waals surface area contributed by atoms with Crippen molar-refractivity contribution < 1.29 is 14.1 Å². The number of benzene rings is 2. The minimum absolute atomic E-state index is 0.164. The van der Waals surface area contributed by atoms with E-state index in [9.17, 15) is 4.79 Å². The van der Waals surface area contributed by atoms with Gasteiger partial charge in [-0.2, -0.15) is 4.98 Å². The number of urea groups is 1. The van der Waals surface area contributed by atoms with E-state index in [1.807, 2.05) is 50.2 Å². The van der Waals surface area contributed by atoms with Crippen LogP contribution in [0.25, 0.3) is 17.0 Å². The number of nitrogens with zero attached hydrogens (tertiary/aromatic N) is 3. The van der Waals surface area contributed by atoms with Crippen molar-refractivity contribution in [3.8, 4) is 11.4 Å². The fourth-order valence-electron chi connectivity index (χ4n) is 3.78. The zero-order valence-corrected chi connectivity index (χ0v) is 19.0. The molecule has 0 fully saturated rings. The molecule has 1 aromatic heterocycles. The number of hydrogen-bond acceptors (Lipinski definition) is 5. The maximum atomic E-state index is 12.9. The predicted molar refractivity (Wildman–Crippen MR) is 123 cm³/mol. The van der Waals surface area contributed by atoms with E-state index < -0.39 is 6.04 Å². The average Bonchev–Trinajstić information content (AvgIpc) is 3.26. The lowest BCUT2D eigenvalue weighted by atomic mass is 9.94. The average molecular weight is 453 g/mol. The van der Waals surface area contributed by atoms with Crippen LogP contribution in [-0.2, 0) is 4.74 Å². The van der Waals surface area contributed by atoms with Gasteiger partial charge in [-0.05, 0) is 38.0 Å². The van der Waals surface area contributed by atoms with Gasteiger partial charge in [0, 0.05) is 36.5 Å². The third-order valence-corrected chi connectivity index (χ3v) is 5.71. The standard InChI is InChI=1S/C24H25ClN4O3/c1-15-8-10-17(11-9-15)21-20(16(2)29(24(30)26-21)12-5-13-31-3)23-27-22(28-32-23)18-6-4-7-19(25)14-18/h4,6-11,14,21H,5,12-13H2,1-3H3,(H,26,30). The predicted octanol–water partition coefficient (Wildman–Crippen LogP) is 5.23. The number of ether oxygens (including phenoxy) is 1. The number of allylic oxidation sites excluding steroid dienone is 1. The fourth-order valence-corrected chi connectivity index (χ4v) is 3.97. The second-order valence-corrected chi connectivity index (χ2v) is 8.16. The number of nitrogens with one attached hydrogen (secondary N) is 1. The summed E-state index contributed by atoms with van der Waals surface area (Å²) in [6, 6.07) is 14.8. The molecule has 0 saturated heterocycles. The smallest absolute Gasteiger partial charge is 0.322 e. The van der Waals surface area contributed by atoms with Crippen LogP contribution in [0.1, 0.15) is 36.4 Å². The number of carbonyl (C=O) groups excluding carboxylic acids is 1. The summed E-state index contributed by atoms with van der Waals surface area (Å²) in [5.74, 6) is 0.799. The number of aryl methyl sites for hydroxylation is 1. The second-order valence-electron chi connectivity index (χ2n) is 7.72. The first-order valence-electron chi connectivity index (χ1n) is 10.4. The number of methoxy groups -OCH3 is 1. The molecule has 1 aliphatic rings. The Labute approximate surface area is 192 Å². The van der Waals surface area contributed by atoms with E-state index >= 15 is 0 Å². The topological polar surface area (TPSA) is 80.5 Å². The SMILES string of the molecule is COCCCN1C(=O)NC(c2ccc(C)cc2)C(c2nc(-c3cccc(Cl)c3)no2)=C1C. The molecule has 0 spiro atoms. The lowest BCUT2D eigenvalue weighted by Gasteiger charge is -2.35. The van der Waals surface area contributed by atoms with Crippen molar-refractivity contribution in [3.05, 3.63) is 76.3 Å². The Bertz CT molecular complexity index is 1140. The lowest BCUT2D eigenvalue weighted by Crippen LogP contribution is -2.46. The van der Waals surface area contributed by atoms with Crippen molar-refractivity contribution >= 4 is 23.2 Å². The van der Waals surface area contributed by atoms with Gasteiger partial charge in [-0.15, -0.1) is 0 Å².